The predicted molar refractivity (Wildman–Crippen MR) is 177 cm³/mol. The average Bonchev–Trinajstić information content (AvgIpc) is 3.32. The fourth-order valence-electron chi connectivity index (χ4n) is 4.73. The summed E-state index contributed by atoms with van der Waals surface area (Å²) in [6.45, 7) is 4.69. The number of benzene rings is 3. The topological polar surface area (TPSA) is 88.4 Å². The molecule has 1 aliphatic rings. The van der Waals surface area contributed by atoms with Crippen LogP contribution in [0.5, 0.6) is 17.2 Å². The number of rotatable bonds is 10. The van der Waals surface area contributed by atoms with Crippen LogP contribution in [0.25, 0.3) is 6.08 Å². The summed E-state index contributed by atoms with van der Waals surface area (Å²) < 4.78 is 24.2. The largest absolute Gasteiger partial charge is 0.490 e. The minimum atomic E-state index is -0.826. The number of thiazole rings is 1. The van der Waals surface area contributed by atoms with Gasteiger partial charge in [-0.05, 0) is 67.4 Å². The molecular formula is C32H26Cl4N2O6S. The molecule has 5 rings (SSSR count). The molecule has 45 heavy (non-hydrogen) atoms. The number of fused-ring (bicyclic) bond motifs is 1. The van der Waals surface area contributed by atoms with Crippen LogP contribution in [0.15, 0.2) is 70.1 Å². The first-order chi connectivity index (χ1) is 21.6. The molecule has 0 spiro atoms. The predicted octanol–water partition coefficient (Wildman–Crippen LogP) is 7.01. The Morgan fingerprint density at radius 2 is 1.64 bits per heavy atom. The van der Waals surface area contributed by atoms with Crippen molar-refractivity contribution in [2.45, 2.75) is 26.5 Å². The maximum Gasteiger partial charge on any atom is 0.337 e. The van der Waals surface area contributed by atoms with E-state index in [0.717, 1.165) is 11.3 Å². The summed E-state index contributed by atoms with van der Waals surface area (Å²) in [6.07, 6.45) is 3.08. The van der Waals surface area contributed by atoms with Crippen LogP contribution in [-0.4, -0.2) is 30.9 Å². The number of carbonyl (C=O) groups excluding carboxylic acids is 1. The second-order valence-corrected chi connectivity index (χ2v) is 12.3. The zero-order chi connectivity index (χ0) is 32.2. The Hall–Kier alpha value is -3.47. The number of ether oxygens (including phenoxy) is 4. The van der Waals surface area contributed by atoms with Crippen LogP contribution in [0.1, 0.15) is 36.6 Å². The highest BCUT2D eigenvalue weighted by molar-refractivity contribution is 7.07. The fourth-order valence-corrected chi connectivity index (χ4v) is 6.77. The molecular weight excluding hydrogens is 682 g/mol. The number of methoxy groups -OCH3 is 1. The zero-order valence-electron chi connectivity index (χ0n) is 24.2. The van der Waals surface area contributed by atoms with E-state index < -0.39 is 12.0 Å². The van der Waals surface area contributed by atoms with Crippen molar-refractivity contribution in [1.29, 1.82) is 0 Å². The van der Waals surface area contributed by atoms with Gasteiger partial charge in [0, 0.05) is 21.8 Å². The van der Waals surface area contributed by atoms with Crippen molar-refractivity contribution >= 4 is 69.8 Å². The Morgan fingerprint density at radius 3 is 2.31 bits per heavy atom. The molecule has 0 unspecified atom stereocenters. The molecule has 2 heterocycles. The molecule has 0 fully saturated rings. The van der Waals surface area contributed by atoms with Gasteiger partial charge >= 0.3 is 5.97 Å². The molecule has 234 valence electrons. The highest BCUT2D eigenvalue weighted by atomic mass is 35.5. The molecule has 1 aromatic heterocycles. The van der Waals surface area contributed by atoms with Gasteiger partial charge in [-0.3, -0.25) is 9.36 Å². The number of hydrogen-bond donors (Lipinski definition) is 0. The van der Waals surface area contributed by atoms with Crippen LogP contribution in [0, 0.1) is 0 Å². The lowest BCUT2D eigenvalue weighted by Crippen LogP contribution is -2.39. The van der Waals surface area contributed by atoms with Crippen molar-refractivity contribution in [2.75, 3.05) is 20.3 Å². The molecule has 0 bridgehead atoms. The van der Waals surface area contributed by atoms with E-state index in [1.165, 1.54) is 17.9 Å². The summed E-state index contributed by atoms with van der Waals surface area (Å²) in [5.41, 5.74) is 1.72. The van der Waals surface area contributed by atoms with Crippen LogP contribution >= 0.6 is 57.7 Å². The Morgan fingerprint density at radius 1 is 0.933 bits per heavy atom. The highest BCUT2D eigenvalue weighted by Crippen LogP contribution is 2.37. The molecule has 0 saturated heterocycles. The van der Waals surface area contributed by atoms with Gasteiger partial charge in [0.2, 0.25) is 0 Å². The fraction of sp³-hybridized carbons (Fsp3) is 0.219. The molecule has 8 nitrogen and oxygen atoms in total. The lowest BCUT2D eigenvalue weighted by atomic mass is 9.97. The van der Waals surface area contributed by atoms with Gasteiger partial charge < -0.3 is 18.9 Å². The van der Waals surface area contributed by atoms with Gasteiger partial charge in [0.25, 0.3) is 5.56 Å². The molecule has 1 atom stereocenters. The standard InChI is InChI=1S/C32H26Cl4N2O6S/c1-4-42-25-9-7-18(13-26(25)43-5-2)28-21(31(40)41-3)15-37-32-38(28)30(39)27(45-32)12-17-10-23(35)29(24(36)11-17)44-16-19-6-8-20(33)14-22(19)34/h6-15,28H,4-5,16H2,1-3H3/b27-12-/t28-/m1/s1. The normalized spacial score (nSPS) is 14.3. The van der Waals surface area contributed by atoms with Crippen LogP contribution in [0.2, 0.25) is 20.1 Å². The number of esters is 1. The summed E-state index contributed by atoms with van der Waals surface area (Å²) in [5, 5.41) is 1.46. The quantitative estimate of drug-likeness (QED) is 0.165. The molecule has 4 aromatic rings. The van der Waals surface area contributed by atoms with E-state index in [1.54, 1.807) is 54.6 Å². The number of carbonyl (C=O) groups is 1. The third-order valence-corrected chi connectivity index (χ3v) is 8.86. The minimum absolute atomic E-state index is 0.118. The van der Waals surface area contributed by atoms with Crippen LogP contribution in [-0.2, 0) is 16.1 Å². The summed E-state index contributed by atoms with van der Waals surface area (Å²) >= 11 is 26.5. The summed E-state index contributed by atoms with van der Waals surface area (Å²) in [4.78, 5) is 31.6. The summed E-state index contributed by atoms with van der Waals surface area (Å²) in [5.74, 6) is 0.701. The van der Waals surface area contributed by atoms with E-state index >= 15 is 0 Å². The van der Waals surface area contributed by atoms with Gasteiger partial charge in [0.05, 0.1) is 46.5 Å². The van der Waals surface area contributed by atoms with Gasteiger partial charge in [0.1, 0.15) is 6.61 Å². The SMILES string of the molecule is CCOc1ccc([C@@H]2C(C(=O)OC)=CN=c3s/c(=C\c4cc(Cl)c(OCc5ccc(Cl)cc5Cl)c(Cl)c4)c(=O)n32)cc1OCC. The van der Waals surface area contributed by atoms with Crippen molar-refractivity contribution in [3.05, 3.63) is 117 Å². The summed E-state index contributed by atoms with van der Waals surface area (Å²) in [6, 6.07) is 12.8. The maximum absolute atomic E-state index is 13.9. The van der Waals surface area contributed by atoms with E-state index in [4.69, 9.17) is 65.4 Å². The molecule has 0 aliphatic carbocycles. The van der Waals surface area contributed by atoms with E-state index in [2.05, 4.69) is 4.99 Å². The number of hydrogen-bond acceptors (Lipinski definition) is 8. The van der Waals surface area contributed by atoms with E-state index in [1.807, 2.05) is 13.8 Å². The lowest BCUT2D eigenvalue weighted by molar-refractivity contribution is -0.136. The number of aromatic nitrogens is 1. The lowest BCUT2D eigenvalue weighted by Gasteiger charge is -2.23. The molecule has 13 heteroatoms. The third kappa shape index (κ3) is 7.03. The minimum Gasteiger partial charge on any atom is -0.490 e. The van der Waals surface area contributed by atoms with Crippen molar-refractivity contribution in [2.24, 2.45) is 4.99 Å². The van der Waals surface area contributed by atoms with Gasteiger partial charge in [-0.15, -0.1) is 0 Å². The Bertz CT molecular complexity index is 1970. The average molecular weight is 708 g/mol. The van der Waals surface area contributed by atoms with Crippen LogP contribution in [0.3, 0.4) is 0 Å². The van der Waals surface area contributed by atoms with Crippen molar-refractivity contribution in [3.63, 3.8) is 0 Å². The van der Waals surface area contributed by atoms with E-state index in [9.17, 15) is 9.59 Å². The third-order valence-electron chi connectivity index (χ3n) is 6.71. The monoisotopic (exact) mass is 706 g/mol. The molecule has 0 amide bonds. The van der Waals surface area contributed by atoms with Gasteiger partial charge in [-0.2, -0.15) is 0 Å². The number of halogens is 4. The first-order valence-corrected chi connectivity index (χ1v) is 16.0. The van der Waals surface area contributed by atoms with Crippen molar-refractivity contribution in [3.8, 4) is 17.2 Å². The maximum atomic E-state index is 13.9. The smallest absolute Gasteiger partial charge is 0.337 e. The molecule has 0 saturated carbocycles. The van der Waals surface area contributed by atoms with Crippen molar-refractivity contribution in [1.82, 2.24) is 4.57 Å². The molecule has 1 aliphatic heterocycles. The Kier molecular flexibility index (Phi) is 10.5. The molecule has 3 aromatic carbocycles. The van der Waals surface area contributed by atoms with Crippen LogP contribution < -0.4 is 29.1 Å². The van der Waals surface area contributed by atoms with Crippen molar-refractivity contribution < 1.29 is 23.7 Å². The first kappa shape index (κ1) is 32.9. The number of nitrogens with zero attached hydrogens (tertiary/aromatic N) is 2. The van der Waals surface area contributed by atoms with E-state index in [0.29, 0.717) is 60.8 Å². The van der Waals surface area contributed by atoms with E-state index in [-0.39, 0.29) is 33.5 Å². The first-order valence-electron chi connectivity index (χ1n) is 13.7. The zero-order valence-corrected chi connectivity index (χ0v) is 28.1. The summed E-state index contributed by atoms with van der Waals surface area (Å²) in [7, 11) is 1.28. The van der Waals surface area contributed by atoms with Gasteiger partial charge in [0.15, 0.2) is 22.0 Å². The Labute approximate surface area is 282 Å². The molecule has 0 radical (unpaired) electrons. The van der Waals surface area contributed by atoms with Gasteiger partial charge in [-0.1, -0.05) is 69.9 Å². The second-order valence-electron chi connectivity index (χ2n) is 9.59. The Balaban J connectivity index is 1.54. The van der Waals surface area contributed by atoms with Crippen LogP contribution in [0.4, 0.5) is 0 Å². The highest BCUT2D eigenvalue weighted by Gasteiger charge is 2.31. The molecule has 0 N–H and O–H groups in total. The van der Waals surface area contributed by atoms with Gasteiger partial charge in [-0.25, -0.2) is 9.79 Å². The second kappa shape index (κ2) is 14.3.